The molecule has 1 aromatic heterocycles. The van der Waals surface area contributed by atoms with Gasteiger partial charge < -0.3 is 10.3 Å². The summed E-state index contributed by atoms with van der Waals surface area (Å²) < 4.78 is 2.16. The molecule has 2 N–H and O–H groups in total. The second-order valence-corrected chi connectivity index (χ2v) is 5.92. The van der Waals surface area contributed by atoms with E-state index in [1.165, 1.54) is 22.3 Å². The van der Waals surface area contributed by atoms with Gasteiger partial charge in [-0.15, -0.1) is 10.2 Å². The largest absolute Gasteiger partial charge is 0.324 e. The molecule has 0 bridgehead atoms. The normalized spacial score (nSPS) is 11.3. The molecular formula is C16H24N4. The van der Waals surface area contributed by atoms with Gasteiger partial charge in [0.25, 0.3) is 0 Å². The van der Waals surface area contributed by atoms with E-state index in [0.29, 0.717) is 12.5 Å². The van der Waals surface area contributed by atoms with Crippen molar-refractivity contribution >= 4 is 0 Å². The summed E-state index contributed by atoms with van der Waals surface area (Å²) in [6.07, 6.45) is 0. The zero-order chi connectivity index (χ0) is 14.9. The maximum atomic E-state index is 5.79. The van der Waals surface area contributed by atoms with Gasteiger partial charge in [-0.25, -0.2) is 0 Å². The first-order chi connectivity index (χ1) is 9.43. The van der Waals surface area contributed by atoms with Crippen molar-refractivity contribution in [2.45, 2.75) is 47.7 Å². The van der Waals surface area contributed by atoms with Gasteiger partial charge in [0.15, 0.2) is 5.82 Å². The second-order valence-electron chi connectivity index (χ2n) is 5.92. The van der Waals surface area contributed by atoms with E-state index in [9.17, 15) is 0 Å². The number of benzene rings is 1. The quantitative estimate of drug-likeness (QED) is 0.931. The summed E-state index contributed by atoms with van der Waals surface area (Å²) in [4.78, 5) is 0. The zero-order valence-corrected chi connectivity index (χ0v) is 13.1. The first-order valence-corrected chi connectivity index (χ1v) is 7.14. The molecule has 108 valence electrons. The van der Waals surface area contributed by atoms with Crippen LogP contribution in [-0.2, 0) is 13.1 Å². The maximum absolute atomic E-state index is 5.79. The van der Waals surface area contributed by atoms with Crippen LogP contribution in [0.5, 0.6) is 0 Å². The summed E-state index contributed by atoms with van der Waals surface area (Å²) in [7, 11) is 0. The lowest BCUT2D eigenvalue weighted by atomic mass is 9.99. The van der Waals surface area contributed by atoms with Crippen LogP contribution in [0.1, 0.15) is 36.4 Å². The molecule has 0 saturated carbocycles. The molecule has 2 aromatic rings. The second kappa shape index (κ2) is 5.75. The van der Waals surface area contributed by atoms with E-state index in [4.69, 9.17) is 5.73 Å². The van der Waals surface area contributed by atoms with Crippen molar-refractivity contribution in [3.8, 4) is 11.4 Å². The summed E-state index contributed by atoms with van der Waals surface area (Å²) in [6, 6.07) is 4.39. The van der Waals surface area contributed by atoms with E-state index in [1.807, 2.05) is 0 Å². The predicted octanol–water partition coefficient (Wildman–Crippen LogP) is 2.99. The number of aromatic nitrogens is 3. The van der Waals surface area contributed by atoms with E-state index in [1.54, 1.807) is 0 Å². The Morgan fingerprint density at radius 2 is 1.70 bits per heavy atom. The Bertz CT molecular complexity index is 588. The van der Waals surface area contributed by atoms with E-state index < -0.39 is 0 Å². The summed E-state index contributed by atoms with van der Waals surface area (Å²) in [5.74, 6) is 2.32. The van der Waals surface area contributed by atoms with Gasteiger partial charge in [-0.1, -0.05) is 31.5 Å². The van der Waals surface area contributed by atoms with Crippen molar-refractivity contribution in [1.29, 1.82) is 0 Å². The van der Waals surface area contributed by atoms with Gasteiger partial charge in [0.2, 0.25) is 0 Å². The van der Waals surface area contributed by atoms with E-state index in [-0.39, 0.29) is 0 Å². The van der Waals surface area contributed by atoms with Crippen molar-refractivity contribution in [2.24, 2.45) is 11.7 Å². The highest BCUT2D eigenvalue weighted by atomic mass is 15.3. The number of aryl methyl sites for hydroxylation is 3. The predicted molar refractivity (Wildman–Crippen MR) is 82.4 cm³/mol. The van der Waals surface area contributed by atoms with Gasteiger partial charge >= 0.3 is 0 Å². The molecule has 20 heavy (non-hydrogen) atoms. The van der Waals surface area contributed by atoms with Crippen LogP contribution >= 0.6 is 0 Å². The molecule has 0 aliphatic rings. The molecule has 1 aromatic carbocycles. The molecular weight excluding hydrogens is 248 g/mol. The fourth-order valence-electron chi connectivity index (χ4n) is 2.76. The van der Waals surface area contributed by atoms with E-state index in [2.05, 4.69) is 61.5 Å². The average Bonchev–Trinajstić information content (AvgIpc) is 2.70. The standard InChI is InChI=1S/C16H24N4/c1-10(2)9-20-14(8-17)18-19-16(20)15-12(4)6-11(3)7-13(15)5/h6-7,10H,8-9,17H2,1-5H3. The lowest BCUT2D eigenvalue weighted by molar-refractivity contribution is 0.510. The highest BCUT2D eigenvalue weighted by Crippen LogP contribution is 2.28. The third kappa shape index (κ3) is 2.75. The molecule has 0 radical (unpaired) electrons. The van der Waals surface area contributed by atoms with E-state index >= 15 is 0 Å². The molecule has 4 nitrogen and oxygen atoms in total. The highest BCUT2D eigenvalue weighted by molar-refractivity contribution is 5.65. The van der Waals surface area contributed by atoms with Crippen LogP contribution in [0.4, 0.5) is 0 Å². The number of nitrogens with zero attached hydrogens (tertiary/aromatic N) is 3. The maximum Gasteiger partial charge on any atom is 0.164 e. The van der Waals surface area contributed by atoms with Gasteiger partial charge in [0, 0.05) is 12.1 Å². The summed E-state index contributed by atoms with van der Waals surface area (Å²) in [6.45, 7) is 12.1. The van der Waals surface area contributed by atoms with Gasteiger partial charge in [0.05, 0.1) is 6.54 Å². The molecule has 0 aliphatic carbocycles. The molecule has 2 rings (SSSR count). The Morgan fingerprint density at radius 3 is 2.20 bits per heavy atom. The number of hydrogen-bond donors (Lipinski definition) is 1. The van der Waals surface area contributed by atoms with Crippen molar-refractivity contribution < 1.29 is 0 Å². The minimum atomic E-state index is 0.420. The van der Waals surface area contributed by atoms with Crippen LogP contribution in [0.15, 0.2) is 12.1 Å². The monoisotopic (exact) mass is 272 g/mol. The smallest absolute Gasteiger partial charge is 0.164 e. The molecule has 0 spiro atoms. The fraction of sp³-hybridized carbons (Fsp3) is 0.500. The van der Waals surface area contributed by atoms with Crippen LogP contribution in [0.25, 0.3) is 11.4 Å². The number of hydrogen-bond acceptors (Lipinski definition) is 3. The SMILES string of the molecule is Cc1cc(C)c(-c2nnc(CN)n2CC(C)C)c(C)c1. The third-order valence-electron chi connectivity index (χ3n) is 3.46. The van der Waals surface area contributed by atoms with Crippen LogP contribution in [-0.4, -0.2) is 14.8 Å². The average molecular weight is 272 g/mol. The Hall–Kier alpha value is -1.68. The minimum absolute atomic E-state index is 0.420. The zero-order valence-electron chi connectivity index (χ0n) is 13.1. The summed E-state index contributed by atoms with van der Waals surface area (Å²) in [5.41, 5.74) is 10.7. The third-order valence-corrected chi connectivity index (χ3v) is 3.46. The lowest BCUT2D eigenvalue weighted by Gasteiger charge is -2.15. The van der Waals surface area contributed by atoms with Crippen molar-refractivity contribution in [1.82, 2.24) is 14.8 Å². The molecule has 0 aliphatic heterocycles. The minimum Gasteiger partial charge on any atom is -0.324 e. The molecule has 4 heteroatoms. The summed E-state index contributed by atoms with van der Waals surface area (Å²) >= 11 is 0. The first kappa shape index (κ1) is 14.7. The molecule has 0 fully saturated rings. The van der Waals surface area contributed by atoms with Crippen molar-refractivity contribution in [3.05, 3.63) is 34.6 Å². The molecule has 0 atom stereocenters. The van der Waals surface area contributed by atoms with Crippen LogP contribution < -0.4 is 5.73 Å². The Balaban J connectivity index is 2.61. The summed E-state index contributed by atoms with van der Waals surface area (Å²) in [5, 5.41) is 8.65. The lowest BCUT2D eigenvalue weighted by Crippen LogP contribution is -2.13. The Kier molecular flexibility index (Phi) is 4.23. The van der Waals surface area contributed by atoms with Crippen molar-refractivity contribution in [2.75, 3.05) is 0 Å². The van der Waals surface area contributed by atoms with Crippen LogP contribution in [0, 0.1) is 26.7 Å². The van der Waals surface area contributed by atoms with Crippen LogP contribution in [0.3, 0.4) is 0 Å². The van der Waals surface area contributed by atoms with Gasteiger partial charge in [0.1, 0.15) is 5.82 Å². The molecule has 0 saturated heterocycles. The van der Waals surface area contributed by atoms with Crippen LogP contribution in [0.2, 0.25) is 0 Å². The van der Waals surface area contributed by atoms with Gasteiger partial charge in [-0.2, -0.15) is 0 Å². The topological polar surface area (TPSA) is 56.7 Å². The van der Waals surface area contributed by atoms with Crippen molar-refractivity contribution in [3.63, 3.8) is 0 Å². The van der Waals surface area contributed by atoms with E-state index in [0.717, 1.165) is 18.2 Å². The molecule has 1 heterocycles. The Morgan fingerprint density at radius 1 is 1.10 bits per heavy atom. The fourth-order valence-corrected chi connectivity index (χ4v) is 2.76. The highest BCUT2D eigenvalue weighted by Gasteiger charge is 2.17. The molecule has 0 unspecified atom stereocenters. The first-order valence-electron chi connectivity index (χ1n) is 7.14. The van der Waals surface area contributed by atoms with Gasteiger partial charge in [-0.05, 0) is 37.8 Å². The molecule has 0 amide bonds. The Labute approximate surface area is 121 Å². The number of rotatable bonds is 4. The number of nitrogens with two attached hydrogens (primary N) is 1. The van der Waals surface area contributed by atoms with Gasteiger partial charge in [-0.3, -0.25) is 0 Å².